The number of halogens is 5. The van der Waals surface area contributed by atoms with Crippen molar-refractivity contribution in [1.29, 1.82) is 0 Å². The number of amides is 2. The van der Waals surface area contributed by atoms with Gasteiger partial charge in [0, 0.05) is 36.2 Å². The molecule has 0 fully saturated rings. The predicted octanol–water partition coefficient (Wildman–Crippen LogP) is 4.57. The first-order chi connectivity index (χ1) is 22.4. The summed E-state index contributed by atoms with van der Waals surface area (Å²) in [6.45, 7) is -0.546. The van der Waals surface area contributed by atoms with Gasteiger partial charge in [-0.05, 0) is 89.2 Å². The van der Waals surface area contributed by atoms with Gasteiger partial charge in [0.15, 0.2) is 11.5 Å². The number of hydrogen-bond acceptors (Lipinski definition) is 7. The Balaban J connectivity index is 1.76. The van der Waals surface area contributed by atoms with Crippen LogP contribution in [0.3, 0.4) is 0 Å². The molecule has 0 aromatic heterocycles. The Labute approximate surface area is 281 Å². The normalized spacial score (nSPS) is 17.8. The summed E-state index contributed by atoms with van der Waals surface area (Å²) in [7, 11) is 1.35. The van der Waals surface area contributed by atoms with E-state index >= 15 is 0 Å². The SMILES string of the molecule is COc1cc(C=O)cc(I)c1OC1C=C(C(=O)NCCO)CC(N(CCc2cccc(F)c2)C(=O)c2ccc(C(F)(F)F)cc2)C1O. The molecule has 0 saturated heterocycles. The van der Waals surface area contributed by atoms with Crippen LogP contribution >= 0.6 is 22.6 Å². The lowest BCUT2D eigenvalue weighted by Gasteiger charge is -2.40. The molecule has 47 heavy (non-hydrogen) atoms. The van der Waals surface area contributed by atoms with Crippen molar-refractivity contribution in [1.82, 2.24) is 10.2 Å². The second-order valence-corrected chi connectivity index (χ2v) is 11.8. The third kappa shape index (κ3) is 8.87. The largest absolute Gasteiger partial charge is 0.493 e. The second kappa shape index (κ2) is 15.7. The zero-order chi connectivity index (χ0) is 34.3. The van der Waals surface area contributed by atoms with Crippen molar-refractivity contribution in [3.63, 3.8) is 0 Å². The van der Waals surface area contributed by atoms with Gasteiger partial charge in [-0.3, -0.25) is 14.4 Å². The first-order valence-corrected chi connectivity index (χ1v) is 15.4. The number of rotatable bonds is 12. The van der Waals surface area contributed by atoms with Crippen LogP contribution in [0.1, 0.15) is 38.3 Å². The van der Waals surface area contributed by atoms with E-state index in [0.717, 1.165) is 24.3 Å². The molecule has 0 radical (unpaired) electrons. The Bertz CT molecular complexity index is 1630. The molecule has 1 aliphatic carbocycles. The van der Waals surface area contributed by atoms with Crippen LogP contribution in [0.25, 0.3) is 0 Å². The van der Waals surface area contributed by atoms with Crippen molar-refractivity contribution in [3.05, 3.63) is 104 Å². The van der Waals surface area contributed by atoms with Gasteiger partial charge in [-0.2, -0.15) is 13.2 Å². The lowest BCUT2D eigenvalue weighted by molar-refractivity contribution is -0.137. The Morgan fingerprint density at radius 3 is 2.47 bits per heavy atom. The Kier molecular flexibility index (Phi) is 12.0. The molecule has 9 nitrogen and oxygen atoms in total. The van der Waals surface area contributed by atoms with E-state index in [-0.39, 0.29) is 55.2 Å². The topological polar surface area (TPSA) is 125 Å². The zero-order valence-electron chi connectivity index (χ0n) is 25.0. The molecule has 0 bridgehead atoms. The Morgan fingerprint density at radius 2 is 1.85 bits per heavy atom. The van der Waals surface area contributed by atoms with Gasteiger partial charge in [-0.15, -0.1) is 0 Å². The molecule has 2 amide bonds. The molecule has 14 heteroatoms. The van der Waals surface area contributed by atoms with E-state index in [0.29, 0.717) is 21.0 Å². The number of hydrogen-bond donors (Lipinski definition) is 3. The van der Waals surface area contributed by atoms with Crippen molar-refractivity contribution in [2.45, 2.75) is 37.3 Å². The molecule has 3 aromatic carbocycles. The van der Waals surface area contributed by atoms with E-state index in [4.69, 9.17) is 9.47 Å². The Hall–Kier alpha value is -4.02. The summed E-state index contributed by atoms with van der Waals surface area (Å²) in [5.41, 5.74) is -0.150. The summed E-state index contributed by atoms with van der Waals surface area (Å²) >= 11 is 1.92. The number of methoxy groups -OCH3 is 1. The van der Waals surface area contributed by atoms with Gasteiger partial charge in [0.05, 0.1) is 28.9 Å². The minimum Gasteiger partial charge on any atom is -0.493 e. The van der Waals surface area contributed by atoms with Gasteiger partial charge in [0.2, 0.25) is 5.91 Å². The maximum Gasteiger partial charge on any atom is 0.416 e. The van der Waals surface area contributed by atoms with Crippen molar-refractivity contribution < 1.29 is 51.6 Å². The number of benzene rings is 3. The molecule has 3 aromatic rings. The van der Waals surface area contributed by atoms with E-state index in [2.05, 4.69) is 5.32 Å². The third-order valence-corrected chi connectivity index (χ3v) is 8.31. The quantitative estimate of drug-likeness (QED) is 0.140. The summed E-state index contributed by atoms with van der Waals surface area (Å²) in [5.74, 6) is -1.54. The molecule has 0 spiro atoms. The van der Waals surface area contributed by atoms with E-state index in [1.165, 1.54) is 48.4 Å². The van der Waals surface area contributed by atoms with E-state index < -0.39 is 47.6 Å². The minimum absolute atomic E-state index is 0.0818. The highest BCUT2D eigenvalue weighted by atomic mass is 127. The van der Waals surface area contributed by atoms with Crippen LogP contribution in [0.2, 0.25) is 0 Å². The predicted molar refractivity (Wildman–Crippen MR) is 171 cm³/mol. The first-order valence-electron chi connectivity index (χ1n) is 14.4. The molecule has 3 unspecified atom stereocenters. The summed E-state index contributed by atoms with van der Waals surface area (Å²) in [6, 6.07) is 11.0. The van der Waals surface area contributed by atoms with Crippen LogP contribution in [0, 0.1) is 9.39 Å². The molecule has 3 N–H and O–H groups in total. The number of aliphatic hydroxyl groups excluding tert-OH is 2. The van der Waals surface area contributed by atoms with Crippen molar-refractivity contribution in [2.75, 3.05) is 26.8 Å². The lowest BCUT2D eigenvalue weighted by Crippen LogP contribution is -2.55. The minimum atomic E-state index is -4.63. The third-order valence-electron chi connectivity index (χ3n) is 7.51. The van der Waals surface area contributed by atoms with Crippen molar-refractivity contribution >= 4 is 40.7 Å². The number of nitrogens with zero attached hydrogens (tertiary/aromatic N) is 1. The highest BCUT2D eigenvalue weighted by Crippen LogP contribution is 2.37. The van der Waals surface area contributed by atoms with Gasteiger partial charge in [0.25, 0.3) is 5.91 Å². The maximum atomic E-state index is 14.0. The first kappa shape index (κ1) is 35.8. The smallest absolute Gasteiger partial charge is 0.416 e. The number of alkyl halides is 3. The van der Waals surface area contributed by atoms with Crippen molar-refractivity contribution in [2.24, 2.45) is 0 Å². The number of ether oxygens (including phenoxy) is 2. The summed E-state index contributed by atoms with van der Waals surface area (Å²) in [6.07, 6.45) is -5.46. The summed E-state index contributed by atoms with van der Waals surface area (Å²) < 4.78 is 65.8. The molecular formula is C33H31F4IN2O7. The van der Waals surface area contributed by atoms with Crippen LogP contribution in [-0.4, -0.2) is 78.3 Å². The average molecular weight is 771 g/mol. The van der Waals surface area contributed by atoms with E-state index in [1.54, 1.807) is 6.07 Å². The molecule has 250 valence electrons. The second-order valence-electron chi connectivity index (χ2n) is 10.6. The molecule has 1 aliphatic rings. The average Bonchev–Trinajstić information content (AvgIpc) is 3.05. The summed E-state index contributed by atoms with van der Waals surface area (Å²) in [5, 5.41) is 23.5. The van der Waals surface area contributed by atoms with Crippen molar-refractivity contribution in [3.8, 4) is 11.5 Å². The number of carbonyl (C=O) groups is 3. The van der Waals surface area contributed by atoms with E-state index in [1.807, 2.05) is 22.6 Å². The van der Waals surface area contributed by atoms with Gasteiger partial charge in [-0.1, -0.05) is 12.1 Å². The standard InChI is InChI=1S/C33H31F4IN2O7/c1-46-28-15-20(18-42)14-25(38)30(28)47-27-17-22(31(44)39-10-12-41)16-26(29(27)43)40(11-9-19-3-2-4-24(34)13-19)32(45)21-5-7-23(8-6-21)33(35,36)37/h2-8,13-15,17-18,26-27,29,41,43H,9-12,16H2,1H3,(H,39,44). The molecule has 0 saturated carbocycles. The molecule has 4 rings (SSSR count). The molecule has 0 aliphatic heterocycles. The molecule has 3 atom stereocenters. The zero-order valence-corrected chi connectivity index (χ0v) is 27.1. The van der Waals surface area contributed by atoms with Gasteiger partial charge in [-0.25, -0.2) is 4.39 Å². The fourth-order valence-corrected chi connectivity index (χ4v) is 5.92. The fraction of sp³-hybridized carbons (Fsp3) is 0.303. The monoisotopic (exact) mass is 770 g/mol. The molecule has 0 heterocycles. The highest BCUT2D eigenvalue weighted by molar-refractivity contribution is 14.1. The van der Waals surface area contributed by atoms with Crippen LogP contribution < -0.4 is 14.8 Å². The van der Waals surface area contributed by atoms with Crippen LogP contribution in [0.5, 0.6) is 11.5 Å². The number of aliphatic hydroxyl groups is 2. The number of nitrogens with one attached hydrogen (secondary N) is 1. The summed E-state index contributed by atoms with van der Waals surface area (Å²) in [4.78, 5) is 39.8. The van der Waals surface area contributed by atoms with Crippen LogP contribution in [0.4, 0.5) is 17.6 Å². The number of aldehydes is 1. The van der Waals surface area contributed by atoms with Crippen LogP contribution in [0.15, 0.2) is 72.3 Å². The van der Waals surface area contributed by atoms with Crippen LogP contribution in [-0.2, 0) is 17.4 Å². The maximum absolute atomic E-state index is 14.0. The molecular weight excluding hydrogens is 739 g/mol. The fourth-order valence-electron chi connectivity index (χ4n) is 5.17. The highest BCUT2D eigenvalue weighted by Gasteiger charge is 2.41. The van der Waals surface area contributed by atoms with Gasteiger partial charge in [0.1, 0.15) is 24.3 Å². The van der Waals surface area contributed by atoms with E-state index in [9.17, 15) is 42.2 Å². The lowest BCUT2D eigenvalue weighted by atomic mass is 9.87. The Morgan fingerprint density at radius 1 is 1.13 bits per heavy atom. The van der Waals surface area contributed by atoms with Gasteiger partial charge >= 0.3 is 6.18 Å². The van der Waals surface area contributed by atoms with Gasteiger partial charge < -0.3 is 29.9 Å². The number of carbonyl (C=O) groups excluding carboxylic acids is 3.